The van der Waals surface area contributed by atoms with Gasteiger partial charge in [-0.25, -0.2) is 0 Å². The van der Waals surface area contributed by atoms with Crippen LogP contribution in [0.4, 0.5) is 0 Å². The van der Waals surface area contributed by atoms with Crippen molar-refractivity contribution in [2.24, 2.45) is 0 Å². The molecule has 138 valence electrons. The number of rotatable bonds is 13. The SMILES string of the molecule is CCCCCCC.CCCCCCCCCC[N+](C)(C)C.[OH-]. The summed E-state index contributed by atoms with van der Waals surface area (Å²) in [5.74, 6) is 0. The molecule has 0 spiro atoms. The van der Waals surface area contributed by atoms with Crippen molar-refractivity contribution >= 4 is 0 Å². The van der Waals surface area contributed by atoms with Crippen molar-refractivity contribution in [3.63, 3.8) is 0 Å². The number of nitrogens with zero attached hydrogens (tertiary/aromatic N) is 1. The van der Waals surface area contributed by atoms with Gasteiger partial charge in [-0.1, -0.05) is 91.4 Å². The summed E-state index contributed by atoms with van der Waals surface area (Å²) in [6.45, 7) is 8.10. The average molecular weight is 318 g/mol. The molecule has 2 nitrogen and oxygen atoms in total. The van der Waals surface area contributed by atoms with E-state index < -0.39 is 0 Å². The summed E-state index contributed by atoms with van der Waals surface area (Å²) in [6.07, 6.45) is 18.4. The standard InChI is InChI=1S/C13H30N.C7H16.H2O/c1-5-6-7-8-9-10-11-12-13-14(2,3)4;1-3-5-7-6-4-2;/h5-13H2,1-4H3;3-7H2,1-2H3;1H2/q+1;;/p-1. The molecule has 0 aromatic carbocycles. The van der Waals surface area contributed by atoms with E-state index in [-0.39, 0.29) is 5.48 Å². The maximum absolute atomic E-state index is 2.28. The summed E-state index contributed by atoms with van der Waals surface area (Å²) in [5, 5.41) is 0. The van der Waals surface area contributed by atoms with Gasteiger partial charge in [0.25, 0.3) is 0 Å². The summed E-state index contributed by atoms with van der Waals surface area (Å²) in [7, 11) is 6.84. The van der Waals surface area contributed by atoms with E-state index in [0.717, 1.165) is 4.48 Å². The highest BCUT2D eigenvalue weighted by Gasteiger charge is 2.04. The second-order valence-corrected chi connectivity index (χ2v) is 7.55. The van der Waals surface area contributed by atoms with Crippen molar-refractivity contribution in [1.82, 2.24) is 0 Å². The Morgan fingerprint density at radius 2 is 0.727 bits per heavy atom. The van der Waals surface area contributed by atoms with Crippen LogP contribution in [0.15, 0.2) is 0 Å². The van der Waals surface area contributed by atoms with Crippen LogP contribution >= 0.6 is 0 Å². The zero-order chi connectivity index (χ0) is 16.4. The lowest BCUT2D eigenvalue weighted by Crippen LogP contribution is -2.35. The maximum atomic E-state index is 2.28. The predicted octanol–water partition coefficient (Wildman–Crippen LogP) is 6.63. The molecule has 0 radical (unpaired) electrons. The van der Waals surface area contributed by atoms with Crippen LogP contribution in [0.2, 0.25) is 0 Å². The van der Waals surface area contributed by atoms with Gasteiger partial charge in [0.1, 0.15) is 0 Å². The third kappa shape index (κ3) is 32.0. The quantitative estimate of drug-likeness (QED) is 0.277. The Balaban J connectivity index is -0.000000385. The molecule has 0 aromatic heterocycles. The minimum Gasteiger partial charge on any atom is -0.870 e. The largest absolute Gasteiger partial charge is 0.870 e. The molecule has 2 heteroatoms. The van der Waals surface area contributed by atoms with Gasteiger partial charge < -0.3 is 9.96 Å². The van der Waals surface area contributed by atoms with Crippen molar-refractivity contribution < 1.29 is 9.96 Å². The van der Waals surface area contributed by atoms with Crippen molar-refractivity contribution in [2.45, 2.75) is 104 Å². The molecule has 0 fully saturated rings. The maximum Gasteiger partial charge on any atom is 0.0780 e. The molecular formula is C20H47NO. The van der Waals surface area contributed by atoms with E-state index in [1.165, 1.54) is 90.0 Å². The molecule has 22 heavy (non-hydrogen) atoms. The Morgan fingerprint density at radius 3 is 1.05 bits per heavy atom. The van der Waals surface area contributed by atoms with Gasteiger partial charge >= 0.3 is 0 Å². The molecule has 0 saturated carbocycles. The Morgan fingerprint density at radius 1 is 0.455 bits per heavy atom. The summed E-state index contributed by atoms with van der Waals surface area (Å²) >= 11 is 0. The molecule has 0 amide bonds. The highest BCUT2D eigenvalue weighted by atomic mass is 16.0. The van der Waals surface area contributed by atoms with Crippen LogP contribution in [0.5, 0.6) is 0 Å². The van der Waals surface area contributed by atoms with Crippen LogP contribution in [0, 0.1) is 0 Å². The summed E-state index contributed by atoms with van der Waals surface area (Å²) < 4.78 is 1.12. The van der Waals surface area contributed by atoms with E-state index in [2.05, 4.69) is 41.9 Å². The van der Waals surface area contributed by atoms with Crippen molar-refractivity contribution in [1.29, 1.82) is 0 Å². The number of hydrogen-bond donors (Lipinski definition) is 0. The fourth-order valence-electron chi connectivity index (χ4n) is 2.40. The number of quaternary nitrogens is 1. The van der Waals surface area contributed by atoms with E-state index in [4.69, 9.17) is 0 Å². The van der Waals surface area contributed by atoms with Crippen molar-refractivity contribution in [3.05, 3.63) is 0 Å². The Kier molecular flexibility index (Phi) is 25.5. The molecule has 0 atom stereocenters. The minimum atomic E-state index is 0. The first-order chi connectivity index (χ1) is 9.97. The average Bonchev–Trinajstić information content (AvgIpc) is 2.42. The molecule has 0 aliphatic heterocycles. The summed E-state index contributed by atoms with van der Waals surface area (Å²) in [6, 6.07) is 0. The fourth-order valence-corrected chi connectivity index (χ4v) is 2.40. The Bertz CT molecular complexity index is 171. The number of hydrogen-bond acceptors (Lipinski definition) is 1. The lowest BCUT2D eigenvalue weighted by Gasteiger charge is -2.23. The van der Waals surface area contributed by atoms with Gasteiger partial charge in [0.05, 0.1) is 27.7 Å². The zero-order valence-electron chi connectivity index (χ0n) is 16.8. The van der Waals surface area contributed by atoms with Crippen LogP contribution in [-0.4, -0.2) is 37.6 Å². The van der Waals surface area contributed by atoms with Gasteiger partial charge in [-0.3, -0.25) is 0 Å². The van der Waals surface area contributed by atoms with Crippen LogP contribution in [0.3, 0.4) is 0 Å². The number of unbranched alkanes of at least 4 members (excludes halogenated alkanes) is 11. The second-order valence-electron chi connectivity index (χ2n) is 7.55. The normalized spacial score (nSPS) is 10.6. The van der Waals surface area contributed by atoms with E-state index in [1.807, 2.05) is 0 Å². The van der Waals surface area contributed by atoms with Gasteiger partial charge in [-0.2, -0.15) is 0 Å². The summed E-state index contributed by atoms with van der Waals surface area (Å²) in [5.41, 5.74) is 0. The third-order valence-corrected chi connectivity index (χ3v) is 3.89. The first-order valence-electron chi connectivity index (χ1n) is 9.78. The molecule has 0 rings (SSSR count). The molecule has 0 bridgehead atoms. The lowest BCUT2D eigenvalue weighted by atomic mass is 10.1. The monoisotopic (exact) mass is 317 g/mol. The first kappa shape index (κ1) is 26.8. The van der Waals surface area contributed by atoms with E-state index in [1.54, 1.807) is 0 Å². The Labute approximate surface area is 142 Å². The first-order valence-corrected chi connectivity index (χ1v) is 9.78. The molecule has 1 N–H and O–H groups in total. The van der Waals surface area contributed by atoms with Crippen LogP contribution in [0.25, 0.3) is 0 Å². The van der Waals surface area contributed by atoms with E-state index in [0.29, 0.717) is 0 Å². The van der Waals surface area contributed by atoms with Gasteiger partial charge in [0.15, 0.2) is 0 Å². The molecular weight excluding hydrogens is 270 g/mol. The third-order valence-electron chi connectivity index (χ3n) is 3.89. The minimum absolute atomic E-state index is 0. The topological polar surface area (TPSA) is 30.0 Å². The highest BCUT2D eigenvalue weighted by molar-refractivity contribution is 4.45. The molecule has 0 aliphatic rings. The van der Waals surface area contributed by atoms with Crippen LogP contribution in [-0.2, 0) is 0 Å². The second kappa shape index (κ2) is 20.9. The fraction of sp³-hybridized carbons (Fsp3) is 1.00. The van der Waals surface area contributed by atoms with E-state index in [9.17, 15) is 0 Å². The van der Waals surface area contributed by atoms with Crippen molar-refractivity contribution in [3.8, 4) is 0 Å². The molecule has 0 aromatic rings. The summed E-state index contributed by atoms with van der Waals surface area (Å²) in [4.78, 5) is 0. The van der Waals surface area contributed by atoms with Gasteiger partial charge in [0, 0.05) is 0 Å². The van der Waals surface area contributed by atoms with Gasteiger partial charge in [-0.15, -0.1) is 0 Å². The van der Waals surface area contributed by atoms with Crippen molar-refractivity contribution in [2.75, 3.05) is 27.7 Å². The molecule has 0 unspecified atom stereocenters. The Hall–Kier alpha value is -0.0800. The van der Waals surface area contributed by atoms with E-state index >= 15 is 0 Å². The molecule has 0 saturated heterocycles. The molecule has 0 aliphatic carbocycles. The smallest absolute Gasteiger partial charge is 0.0780 e. The zero-order valence-corrected chi connectivity index (χ0v) is 16.8. The van der Waals surface area contributed by atoms with Gasteiger partial charge in [0.2, 0.25) is 0 Å². The lowest BCUT2D eigenvalue weighted by molar-refractivity contribution is -0.870. The van der Waals surface area contributed by atoms with Crippen LogP contribution in [0.1, 0.15) is 104 Å². The van der Waals surface area contributed by atoms with Gasteiger partial charge in [-0.05, 0) is 12.8 Å². The highest BCUT2D eigenvalue weighted by Crippen LogP contribution is 2.09. The van der Waals surface area contributed by atoms with Crippen LogP contribution < -0.4 is 0 Å². The predicted molar refractivity (Wildman–Crippen MR) is 102 cm³/mol. The molecule has 0 heterocycles.